The molecule has 0 saturated carbocycles. The van der Waals surface area contributed by atoms with Gasteiger partial charge in [-0.25, -0.2) is 0 Å². The molecule has 7 rings (SSSR count). The first-order chi connectivity index (χ1) is 16.3. The molecule has 0 amide bonds. The van der Waals surface area contributed by atoms with Gasteiger partial charge in [-0.1, -0.05) is 103 Å². The second kappa shape index (κ2) is 6.70. The minimum Gasteiger partial charge on any atom is -0.355 e. The Labute approximate surface area is 194 Å². The van der Waals surface area contributed by atoms with E-state index in [9.17, 15) is 0 Å². The molecule has 2 aliphatic rings. The smallest absolute Gasteiger partial charge is 0.0726 e. The fraction of sp³-hybridized carbons (Fsp3) is 0.0625. The van der Waals surface area contributed by atoms with Crippen LogP contribution in [0, 0.1) is 6.92 Å². The molecule has 0 radical (unpaired) electrons. The summed E-state index contributed by atoms with van der Waals surface area (Å²) in [5, 5.41) is 3.77. The van der Waals surface area contributed by atoms with E-state index in [0.29, 0.717) is 0 Å². The van der Waals surface area contributed by atoms with Gasteiger partial charge in [-0.15, -0.1) is 0 Å². The summed E-state index contributed by atoms with van der Waals surface area (Å²) in [5.74, 6) is 0. The maximum atomic E-state index is 3.77. The Bertz CT molecular complexity index is 1510. The molecule has 0 atom stereocenters. The van der Waals surface area contributed by atoms with E-state index in [4.69, 9.17) is 0 Å². The average molecular weight is 422 g/mol. The molecule has 0 aromatic heterocycles. The fourth-order valence-corrected chi connectivity index (χ4v) is 6.11. The third-order valence-electron chi connectivity index (χ3n) is 7.44. The van der Waals surface area contributed by atoms with E-state index in [1.807, 2.05) is 0 Å². The van der Waals surface area contributed by atoms with Crippen LogP contribution in [-0.4, -0.2) is 0 Å². The summed E-state index contributed by atoms with van der Waals surface area (Å²) in [7, 11) is 0. The first-order valence-corrected chi connectivity index (χ1v) is 11.6. The SMILES string of the molecule is Cc1ccccc1Nc1cccc2c1-c1ccccc1C21c2ccccc2-c2ccccc21. The summed E-state index contributed by atoms with van der Waals surface area (Å²) in [4.78, 5) is 0. The summed E-state index contributed by atoms with van der Waals surface area (Å²) in [5.41, 5.74) is 14.1. The third-order valence-corrected chi connectivity index (χ3v) is 7.44. The molecule has 0 bridgehead atoms. The van der Waals surface area contributed by atoms with Crippen LogP contribution in [0.3, 0.4) is 0 Å². The Balaban J connectivity index is 1.58. The van der Waals surface area contributed by atoms with Crippen molar-refractivity contribution in [2.75, 3.05) is 5.32 Å². The molecule has 1 N–H and O–H groups in total. The summed E-state index contributed by atoms with van der Waals surface area (Å²) in [6.45, 7) is 2.16. The standard InChI is InChI=1S/C32H23N/c1-21-11-2-9-19-29(21)33-30-20-10-18-28-31(30)24-14-5-8-17-27(24)32(28)25-15-6-3-12-22(25)23-13-4-7-16-26(23)32/h2-20,33H,1H3. The Morgan fingerprint density at radius 3 is 1.61 bits per heavy atom. The number of para-hydroxylation sites is 1. The van der Waals surface area contributed by atoms with Crippen LogP contribution in [0.2, 0.25) is 0 Å². The van der Waals surface area contributed by atoms with Crippen LogP contribution in [0.25, 0.3) is 22.3 Å². The summed E-state index contributed by atoms with van der Waals surface area (Å²) < 4.78 is 0. The van der Waals surface area contributed by atoms with E-state index in [-0.39, 0.29) is 5.41 Å². The van der Waals surface area contributed by atoms with Gasteiger partial charge in [-0.3, -0.25) is 0 Å². The molecule has 0 aliphatic heterocycles. The van der Waals surface area contributed by atoms with Crippen LogP contribution in [0.5, 0.6) is 0 Å². The predicted molar refractivity (Wildman–Crippen MR) is 137 cm³/mol. The van der Waals surface area contributed by atoms with Gasteiger partial charge < -0.3 is 5.32 Å². The zero-order chi connectivity index (χ0) is 22.0. The highest BCUT2D eigenvalue weighted by Gasteiger charge is 2.51. The number of aryl methyl sites for hydroxylation is 1. The van der Waals surface area contributed by atoms with Crippen molar-refractivity contribution in [2.24, 2.45) is 0 Å². The van der Waals surface area contributed by atoms with Crippen LogP contribution in [-0.2, 0) is 5.41 Å². The van der Waals surface area contributed by atoms with Crippen LogP contribution >= 0.6 is 0 Å². The van der Waals surface area contributed by atoms with Gasteiger partial charge in [0.2, 0.25) is 0 Å². The van der Waals surface area contributed by atoms with Crippen molar-refractivity contribution < 1.29 is 0 Å². The zero-order valence-corrected chi connectivity index (χ0v) is 18.5. The maximum Gasteiger partial charge on any atom is 0.0726 e. The molecule has 0 fully saturated rings. The van der Waals surface area contributed by atoms with Gasteiger partial charge in [0.1, 0.15) is 0 Å². The monoisotopic (exact) mass is 421 g/mol. The van der Waals surface area contributed by atoms with Crippen molar-refractivity contribution >= 4 is 11.4 Å². The molecule has 1 nitrogen and oxygen atoms in total. The van der Waals surface area contributed by atoms with E-state index in [1.165, 1.54) is 50.1 Å². The van der Waals surface area contributed by atoms with Crippen molar-refractivity contribution in [2.45, 2.75) is 12.3 Å². The van der Waals surface area contributed by atoms with Crippen molar-refractivity contribution in [3.63, 3.8) is 0 Å². The molecule has 0 saturated heterocycles. The minimum absolute atomic E-state index is 0.289. The van der Waals surface area contributed by atoms with Crippen LogP contribution in [0.4, 0.5) is 11.4 Å². The van der Waals surface area contributed by atoms with E-state index >= 15 is 0 Å². The highest BCUT2D eigenvalue weighted by atomic mass is 14.9. The number of anilines is 2. The lowest BCUT2D eigenvalue weighted by Crippen LogP contribution is -2.25. The molecule has 5 aromatic rings. The second-order valence-corrected chi connectivity index (χ2v) is 9.05. The molecule has 5 aromatic carbocycles. The molecule has 0 heterocycles. The number of benzene rings is 5. The molecular weight excluding hydrogens is 398 g/mol. The zero-order valence-electron chi connectivity index (χ0n) is 18.5. The number of nitrogens with one attached hydrogen (secondary N) is 1. The van der Waals surface area contributed by atoms with E-state index in [2.05, 4.69) is 128 Å². The van der Waals surface area contributed by atoms with Crippen LogP contribution in [0.1, 0.15) is 27.8 Å². The van der Waals surface area contributed by atoms with E-state index < -0.39 is 0 Å². The molecule has 1 heteroatoms. The third kappa shape index (κ3) is 2.32. The lowest BCUT2D eigenvalue weighted by molar-refractivity contribution is 0.794. The van der Waals surface area contributed by atoms with Crippen molar-refractivity contribution in [1.82, 2.24) is 0 Å². The highest BCUT2D eigenvalue weighted by Crippen LogP contribution is 2.63. The average Bonchev–Trinajstić information content (AvgIpc) is 3.34. The first kappa shape index (κ1) is 18.5. The predicted octanol–water partition coefficient (Wildman–Crippen LogP) is 8.08. The molecule has 2 aliphatic carbocycles. The maximum absolute atomic E-state index is 3.77. The van der Waals surface area contributed by atoms with Gasteiger partial charge in [0.25, 0.3) is 0 Å². The molecular formula is C32H23N. The molecule has 0 unspecified atom stereocenters. The number of hydrogen-bond donors (Lipinski definition) is 1. The molecule has 156 valence electrons. The highest BCUT2D eigenvalue weighted by molar-refractivity contribution is 5.99. The first-order valence-electron chi connectivity index (χ1n) is 11.6. The van der Waals surface area contributed by atoms with E-state index in [1.54, 1.807) is 0 Å². The Morgan fingerprint density at radius 1 is 0.455 bits per heavy atom. The minimum atomic E-state index is -0.289. The van der Waals surface area contributed by atoms with Gasteiger partial charge in [0.05, 0.1) is 5.41 Å². The van der Waals surface area contributed by atoms with Gasteiger partial charge in [0.15, 0.2) is 0 Å². The van der Waals surface area contributed by atoms with Crippen molar-refractivity contribution in [1.29, 1.82) is 0 Å². The summed E-state index contributed by atoms with van der Waals surface area (Å²) in [6, 6.07) is 42.1. The summed E-state index contributed by atoms with van der Waals surface area (Å²) in [6.07, 6.45) is 0. The Morgan fingerprint density at radius 2 is 0.939 bits per heavy atom. The van der Waals surface area contributed by atoms with Gasteiger partial charge in [-0.05, 0) is 63.6 Å². The second-order valence-electron chi connectivity index (χ2n) is 9.05. The summed E-state index contributed by atoms with van der Waals surface area (Å²) >= 11 is 0. The topological polar surface area (TPSA) is 12.0 Å². The Kier molecular flexibility index (Phi) is 3.75. The molecule has 33 heavy (non-hydrogen) atoms. The van der Waals surface area contributed by atoms with Crippen LogP contribution in [0.15, 0.2) is 115 Å². The Hall–Kier alpha value is -4.10. The quantitative estimate of drug-likeness (QED) is 0.297. The van der Waals surface area contributed by atoms with Gasteiger partial charge in [0, 0.05) is 16.9 Å². The van der Waals surface area contributed by atoms with Gasteiger partial charge in [-0.2, -0.15) is 0 Å². The van der Waals surface area contributed by atoms with Crippen molar-refractivity contribution in [3.05, 3.63) is 143 Å². The lowest BCUT2D eigenvalue weighted by Gasteiger charge is -2.30. The largest absolute Gasteiger partial charge is 0.355 e. The van der Waals surface area contributed by atoms with Crippen LogP contribution < -0.4 is 5.32 Å². The van der Waals surface area contributed by atoms with Gasteiger partial charge >= 0.3 is 0 Å². The van der Waals surface area contributed by atoms with Crippen molar-refractivity contribution in [3.8, 4) is 22.3 Å². The fourth-order valence-electron chi connectivity index (χ4n) is 6.11. The number of fused-ring (bicyclic) bond motifs is 10. The number of rotatable bonds is 2. The molecule has 1 spiro atoms. The number of hydrogen-bond acceptors (Lipinski definition) is 1. The lowest BCUT2D eigenvalue weighted by atomic mass is 9.70. The normalized spacial score (nSPS) is 13.8. The van der Waals surface area contributed by atoms with E-state index in [0.717, 1.165) is 11.4 Å².